The molecule has 0 saturated carbocycles. The van der Waals surface area contributed by atoms with Gasteiger partial charge in [0.2, 0.25) is 0 Å². The summed E-state index contributed by atoms with van der Waals surface area (Å²) in [6.45, 7) is 5.10. The van der Waals surface area contributed by atoms with E-state index in [4.69, 9.17) is 0 Å². The lowest BCUT2D eigenvalue weighted by molar-refractivity contribution is -0.123. The minimum atomic E-state index is -0.422. The fourth-order valence-electron chi connectivity index (χ4n) is 2.69. The summed E-state index contributed by atoms with van der Waals surface area (Å²) in [4.78, 5) is 48.7. The Labute approximate surface area is 129 Å². The fourth-order valence-corrected chi connectivity index (χ4v) is 2.69. The minimum absolute atomic E-state index is 0.0609. The standard InChI is InChI=1S/C17H19NO4/c1-4-12(9-19)7-13(20)8-18-16(21)14-10(2)5-6-11(3)15(14)17(18)22/h5-6,9,12H,4,7-8H2,1-3H3. The molecule has 0 aliphatic carbocycles. The van der Waals surface area contributed by atoms with Crippen LogP contribution in [0.2, 0.25) is 0 Å². The van der Waals surface area contributed by atoms with E-state index in [0.29, 0.717) is 17.5 Å². The summed E-state index contributed by atoms with van der Waals surface area (Å²) in [5, 5.41) is 0. The summed E-state index contributed by atoms with van der Waals surface area (Å²) in [5.41, 5.74) is 2.24. The van der Waals surface area contributed by atoms with Gasteiger partial charge in [-0.3, -0.25) is 19.3 Å². The molecule has 0 fully saturated rings. The van der Waals surface area contributed by atoms with Crippen molar-refractivity contribution in [2.45, 2.75) is 33.6 Å². The summed E-state index contributed by atoms with van der Waals surface area (Å²) in [5.74, 6) is -1.47. The molecule has 5 heteroatoms. The lowest BCUT2D eigenvalue weighted by atomic mass is 9.99. The highest BCUT2D eigenvalue weighted by molar-refractivity contribution is 6.23. The van der Waals surface area contributed by atoms with Crippen LogP contribution in [0.3, 0.4) is 0 Å². The number of carbonyl (C=O) groups is 4. The van der Waals surface area contributed by atoms with Gasteiger partial charge in [-0.1, -0.05) is 19.1 Å². The zero-order chi connectivity index (χ0) is 16.4. The zero-order valence-corrected chi connectivity index (χ0v) is 13.0. The maximum atomic E-state index is 12.4. The molecule has 5 nitrogen and oxygen atoms in total. The number of aryl methyl sites for hydroxylation is 2. The molecule has 0 bridgehead atoms. The monoisotopic (exact) mass is 301 g/mol. The van der Waals surface area contributed by atoms with Crippen LogP contribution < -0.4 is 0 Å². The largest absolute Gasteiger partial charge is 0.303 e. The van der Waals surface area contributed by atoms with E-state index in [1.807, 2.05) is 6.92 Å². The lowest BCUT2D eigenvalue weighted by Gasteiger charge is -2.14. The number of aldehydes is 1. The van der Waals surface area contributed by atoms with Crippen LogP contribution >= 0.6 is 0 Å². The van der Waals surface area contributed by atoms with Gasteiger partial charge in [0.25, 0.3) is 11.8 Å². The number of amides is 2. The van der Waals surface area contributed by atoms with Crippen molar-refractivity contribution < 1.29 is 19.2 Å². The Morgan fingerprint density at radius 1 is 1.14 bits per heavy atom. The second-order valence-electron chi connectivity index (χ2n) is 5.69. The minimum Gasteiger partial charge on any atom is -0.303 e. The van der Waals surface area contributed by atoms with Crippen molar-refractivity contribution >= 4 is 23.9 Å². The number of ketones is 1. The number of carbonyl (C=O) groups excluding carboxylic acids is 4. The Hall–Kier alpha value is -2.30. The van der Waals surface area contributed by atoms with E-state index in [-0.39, 0.29) is 24.7 Å². The van der Waals surface area contributed by atoms with Crippen LogP contribution in [0.4, 0.5) is 0 Å². The average Bonchev–Trinajstić information content (AvgIpc) is 2.74. The first kappa shape index (κ1) is 16.1. The van der Waals surface area contributed by atoms with Crippen LogP contribution in [0, 0.1) is 19.8 Å². The second-order valence-corrected chi connectivity index (χ2v) is 5.69. The van der Waals surface area contributed by atoms with Crippen LogP contribution in [-0.2, 0) is 9.59 Å². The van der Waals surface area contributed by atoms with Gasteiger partial charge in [0, 0.05) is 12.3 Å². The average molecular weight is 301 g/mol. The molecule has 0 N–H and O–H groups in total. The Kier molecular flexibility index (Phi) is 4.54. The third kappa shape index (κ3) is 2.71. The van der Waals surface area contributed by atoms with E-state index in [1.54, 1.807) is 26.0 Å². The molecule has 1 aliphatic heterocycles. The maximum absolute atomic E-state index is 12.4. The van der Waals surface area contributed by atoms with Gasteiger partial charge in [-0.25, -0.2) is 0 Å². The maximum Gasteiger partial charge on any atom is 0.262 e. The second kappa shape index (κ2) is 6.22. The van der Waals surface area contributed by atoms with E-state index < -0.39 is 11.8 Å². The van der Waals surface area contributed by atoms with Crippen molar-refractivity contribution in [3.8, 4) is 0 Å². The molecule has 0 spiro atoms. The third-order valence-electron chi connectivity index (χ3n) is 4.08. The molecule has 116 valence electrons. The number of fused-ring (bicyclic) bond motifs is 1. The fraction of sp³-hybridized carbons (Fsp3) is 0.412. The van der Waals surface area contributed by atoms with Crippen LogP contribution in [0.15, 0.2) is 12.1 Å². The molecule has 2 amide bonds. The predicted octanol–water partition coefficient (Wildman–Crippen LogP) is 2.08. The van der Waals surface area contributed by atoms with Gasteiger partial charge in [-0.05, 0) is 31.4 Å². The summed E-state index contributed by atoms with van der Waals surface area (Å²) < 4.78 is 0. The summed E-state index contributed by atoms with van der Waals surface area (Å²) in [6, 6.07) is 3.59. The molecule has 1 aliphatic rings. The highest BCUT2D eigenvalue weighted by atomic mass is 16.2. The van der Waals surface area contributed by atoms with E-state index >= 15 is 0 Å². The molecular weight excluding hydrogens is 282 g/mol. The van der Waals surface area contributed by atoms with Crippen molar-refractivity contribution in [2.75, 3.05) is 6.54 Å². The van der Waals surface area contributed by atoms with E-state index in [2.05, 4.69) is 0 Å². The van der Waals surface area contributed by atoms with E-state index in [0.717, 1.165) is 22.3 Å². The van der Waals surface area contributed by atoms with E-state index in [1.165, 1.54) is 0 Å². The zero-order valence-electron chi connectivity index (χ0n) is 13.0. The highest BCUT2D eigenvalue weighted by Gasteiger charge is 2.38. The highest BCUT2D eigenvalue weighted by Crippen LogP contribution is 2.28. The number of hydrogen-bond acceptors (Lipinski definition) is 4. The number of nitrogens with zero attached hydrogens (tertiary/aromatic N) is 1. The molecule has 1 atom stereocenters. The quantitative estimate of drug-likeness (QED) is 0.596. The van der Waals surface area contributed by atoms with Gasteiger partial charge in [0.1, 0.15) is 6.29 Å². The Bertz CT molecular complexity index is 622. The first-order chi connectivity index (χ1) is 10.4. The number of Topliss-reactive ketones (excluding diaryl/α,β-unsaturated/α-hetero) is 1. The molecule has 1 aromatic rings. The van der Waals surface area contributed by atoms with Crippen LogP contribution in [0.1, 0.15) is 51.6 Å². The molecule has 22 heavy (non-hydrogen) atoms. The number of rotatable bonds is 6. The Morgan fingerprint density at radius 2 is 1.64 bits per heavy atom. The Balaban J connectivity index is 2.22. The van der Waals surface area contributed by atoms with Crippen LogP contribution in [-0.4, -0.2) is 35.3 Å². The SMILES string of the molecule is CCC(C=O)CC(=O)CN1C(=O)c2c(C)ccc(C)c2C1=O. The summed E-state index contributed by atoms with van der Waals surface area (Å²) in [6.07, 6.45) is 1.37. The van der Waals surface area contributed by atoms with Gasteiger partial charge >= 0.3 is 0 Å². The van der Waals surface area contributed by atoms with Gasteiger partial charge < -0.3 is 4.79 Å². The number of imide groups is 1. The van der Waals surface area contributed by atoms with Gasteiger partial charge in [0.15, 0.2) is 5.78 Å². The molecule has 0 saturated heterocycles. The number of benzene rings is 1. The topological polar surface area (TPSA) is 71.5 Å². The summed E-state index contributed by atoms with van der Waals surface area (Å²) >= 11 is 0. The first-order valence-corrected chi connectivity index (χ1v) is 7.34. The number of hydrogen-bond donors (Lipinski definition) is 0. The Morgan fingerprint density at radius 3 is 2.05 bits per heavy atom. The molecular formula is C17H19NO4. The van der Waals surface area contributed by atoms with Gasteiger partial charge in [-0.2, -0.15) is 0 Å². The van der Waals surface area contributed by atoms with Crippen molar-refractivity contribution in [3.05, 3.63) is 34.4 Å². The molecule has 2 rings (SSSR count). The molecule has 0 aromatic heterocycles. The van der Waals surface area contributed by atoms with Gasteiger partial charge in [-0.15, -0.1) is 0 Å². The smallest absolute Gasteiger partial charge is 0.262 e. The van der Waals surface area contributed by atoms with Gasteiger partial charge in [0.05, 0.1) is 17.7 Å². The molecule has 0 radical (unpaired) electrons. The molecule has 1 aromatic carbocycles. The van der Waals surface area contributed by atoms with Crippen molar-refractivity contribution in [1.29, 1.82) is 0 Å². The normalized spacial score (nSPS) is 15.0. The van der Waals surface area contributed by atoms with Crippen LogP contribution in [0.25, 0.3) is 0 Å². The summed E-state index contributed by atoms with van der Waals surface area (Å²) in [7, 11) is 0. The third-order valence-corrected chi connectivity index (χ3v) is 4.08. The van der Waals surface area contributed by atoms with Crippen molar-refractivity contribution in [1.82, 2.24) is 4.90 Å². The van der Waals surface area contributed by atoms with Crippen molar-refractivity contribution in [3.63, 3.8) is 0 Å². The molecule has 1 heterocycles. The first-order valence-electron chi connectivity index (χ1n) is 7.34. The predicted molar refractivity (Wildman–Crippen MR) is 80.8 cm³/mol. The van der Waals surface area contributed by atoms with E-state index in [9.17, 15) is 19.2 Å². The lowest BCUT2D eigenvalue weighted by Crippen LogP contribution is -2.35. The molecule has 1 unspecified atom stereocenters. The van der Waals surface area contributed by atoms with Crippen LogP contribution in [0.5, 0.6) is 0 Å². The van der Waals surface area contributed by atoms with Crippen molar-refractivity contribution in [2.24, 2.45) is 5.92 Å².